The lowest BCUT2D eigenvalue weighted by Crippen LogP contribution is -2.67. The fourth-order valence-corrected chi connectivity index (χ4v) is 6.42. The molecule has 1 N–H and O–H groups in total. The highest BCUT2D eigenvalue weighted by atomic mass is 16.8. The molecule has 3 aromatic carbocycles. The van der Waals surface area contributed by atoms with Gasteiger partial charge >= 0.3 is 23.9 Å². The SMILES string of the molecule is CC(=O)OCC1O[C@@H](OC2C(OCc3ccccc3)[C@@H](O)OC(COCc3ccccc3)[C@H]2OCc2ccccc2)C(OC(C)=O)C(OC(C)=O)[C@@H]1OC(C)=O. The minimum atomic E-state index is -1.61. The second-order valence-corrected chi connectivity index (χ2v) is 13.3. The van der Waals surface area contributed by atoms with Crippen LogP contribution in [-0.2, 0) is 86.4 Å². The number of esters is 4. The van der Waals surface area contributed by atoms with Gasteiger partial charge in [0, 0.05) is 27.7 Å². The monoisotopic (exact) mass is 780 g/mol. The Hall–Kier alpha value is -4.74. The zero-order valence-corrected chi connectivity index (χ0v) is 31.6. The zero-order valence-electron chi connectivity index (χ0n) is 31.6. The second-order valence-electron chi connectivity index (χ2n) is 13.3. The van der Waals surface area contributed by atoms with Crippen LogP contribution in [0.1, 0.15) is 44.4 Å². The quantitative estimate of drug-likeness (QED) is 0.155. The fraction of sp³-hybridized carbons (Fsp3) is 0.463. The molecule has 15 heteroatoms. The lowest BCUT2D eigenvalue weighted by Gasteiger charge is -2.48. The largest absolute Gasteiger partial charge is 0.463 e. The minimum Gasteiger partial charge on any atom is -0.463 e. The van der Waals surface area contributed by atoms with Crippen LogP contribution in [0.4, 0.5) is 0 Å². The molecule has 56 heavy (non-hydrogen) atoms. The molecule has 2 fully saturated rings. The van der Waals surface area contributed by atoms with Crippen LogP contribution in [0.5, 0.6) is 0 Å². The smallest absolute Gasteiger partial charge is 0.303 e. The lowest BCUT2D eigenvalue weighted by molar-refractivity contribution is -0.366. The number of aliphatic hydroxyl groups excluding tert-OH is 1. The van der Waals surface area contributed by atoms with Crippen molar-refractivity contribution < 1.29 is 71.7 Å². The molecule has 6 unspecified atom stereocenters. The maximum Gasteiger partial charge on any atom is 0.303 e. The van der Waals surface area contributed by atoms with Gasteiger partial charge in [-0.15, -0.1) is 0 Å². The Kier molecular flexibility index (Phi) is 15.9. The fourth-order valence-electron chi connectivity index (χ4n) is 6.42. The summed E-state index contributed by atoms with van der Waals surface area (Å²) in [6.45, 7) is 4.35. The molecule has 0 aliphatic carbocycles. The van der Waals surface area contributed by atoms with Gasteiger partial charge in [-0.3, -0.25) is 19.2 Å². The standard InChI is InChI=1S/C41H48O15/c1-25(42)48-24-33-35(51-26(2)43)37(52-27(3)44)39(53-28(4)45)41(55-33)56-36-34(49-21-30-16-10-6-11-17-30)32(23-47-20-29-14-8-5-9-15-29)54-40(46)38(36)50-22-31-18-12-7-13-19-31/h5-19,32-41,46H,20-24H2,1-4H3/t32?,33?,34-,35-,36?,37?,38?,39?,40+,41+/m1/s1. The summed E-state index contributed by atoms with van der Waals surface area (Å²) < 4.78 is 60.2. The summed E-state index contributed by atoms with van der Waals surface area (Å²) in [6, 6.07) is 28.0. The molecule has 2 heterocycles. The van der Waals surface area contributed by atoms with E-state index in [1.807, 2.05) is 91.0 Å². The van der Waals surface area contributed by atoms with Crippen molar-refractivity contribution in [3.8, 4) is 0 Å². The Labute approximate surface area is 325 Å². The maximum atomic E-state index is 12.6. The molecule has 2 saturated heterocycles. The summed E-state index contributed by atoms with van der Waals surface area (Å²) in [5.41, 5.74) is 2.50. The molecule has 0 radical (unpaired) electrons. The van der Waals surface area contributed by atoms with Gasteiger partial charge in [0.05, 0.1) is 26.4 Å². The summed E-state index contributed by atoms with van der Waals surface area (Å²) in [7, 11) is 0. The Morgan fingerprint density at radius 2 is 0.982 bits per heavy atom. The molecule has 0 bridgehead atoms. The molecule has 3 aromatic rings. The Balaban J connectivity index is 1.54. The number of benzene rings is 3. The first-order valence-electron chi connectivity index (χ1n) is 18.2. The molecule has 5 rings (SSSR count). The number of carbonyl (C=O) groups excluding carboxylic acids is 4. The van der Waals surface area contributed by atoms with Crippen molar-refractivity contribution in [2.45, 2.75) is 109 Å². The first-order chi connectivity index (χ1) is 27.0. The summed E-state index contributed by atoms with van der Waals surface area (Å²) >= 11 is 0. The molecule has 10 atom stereocenters. The van der Waals surface area contributed by atoms with E-state index in [4.69, 9.17) is 47.4 Å². The first-order valence-corrected chi connectivity index (χ1v) is 18.2. The van der Waals surface area contributed by atoms with E-state index in [-0.39, 0.29) is 26.4 Å². The third kappa shape index (κ3) is 12.4. The molecule has 302 valence electrons. The van der Waals surface area contributed by atoms with Gasteiger partial charge in [-0.25, -0.2) is 0 Å². The van der Waals surface area contributed by atoms with Crippen LogP contribution < -0.4 is 0 Å². The topological polar surface area (TPSA) is 181 Å². The van der Waals surface area contributed by atoms with Crippen LogP contribution in [0.15, 0.2) is 91.0 Å². The highest BCUT2D eigenvalue weighted by molar-refractivity contribution is 5.68. The van der Waals surface area contributed by atoms with Crippen LogP contribution in [0, 0.1) is 0 Å². The van der Waals surface area contributed by atoms with E-state index < -0.39 is 91.9 Å². The molecule has 0 spiro atoms. The van der Waals surface area contributed by atoms with Gasteiger partial charge < -0.3 is 52.5 Å². The highest BCUT2D eigenvalue weighted by Crippen LogP contribution is 2.35. The number of aliphatic hydroxyl groups is 1. The second kappa shape index (κ2) is 21.0. The average molecular weight is 781 g/mol. The summed E-state index contributed by atoms with van der Waals surface area (Å²) in [5, 5.41) is 11.6. The van der Waals surface area contributed by atoms with E-state index in [0.717, 1.165) is 37.5 Å². The number of hydrogen-bond acceptors (Lipinski definition) is 15. The van der Waals surface area contributed by atoms with Crippen molar-refractivity contribution in [1.82, 2.24) is 0 Å². The number of rotatable bonds is 17. The van der Waals surface area contributed by atoms with Crippen molar-refractivity contribution in [3.63, 3.8) is 0 Å². The first kappa shape index (κ1) is 42.4. The van der Waals surface area contributed by atoms with Crippen molar-refractivity contribution in [2.75, 3.05) is 13.2 Å². The molecule has 2 aliphatic rings. The number of ether oxygens (including phenoxy) is 10. The number of hydrogen-bond donors (Lipinski definition) is 1. The maximum absolute atomic E-state index is 12.6. The van der Waals surface area contributed by atoms with Crippen LogP contribution in [0.3, 0.4) is 0 Å². The molecular weight excluding hydrogens is 732 g/mol. The summed E-state index contributed by atoms with van der Waals surface area (Å²) in [5.74, 6) is -3.06. The van der Waals surface area contributed by atoms with Gasteiger partial charge in [0.2, 0.25) is 0 Å². The average Bonchev–Trinajstić information content (AvgIpc) is 3.16. The van der Waals surface area contributed by atoms with Crippen molar-refractivity contribution in [1.29, 1.82) is 0 Å². The van der Waals surface area contributed by atoms with Crippen LogP contribution in [-0.4, -0.2) is 104 Å². The third-order valence-electron chi connectivity index (χ3n) is 8.81. The highest BCUT2D eigenvalue weighted by Gasteiger charge is 2.56. The van der Waals surface area contributed by atoms with Crippen molar-refractivity contribution in [2.24, 2.45) is 0 Å². The zero-order chi connectivity index (χ0) is 40.0. The Morgan fingerprint density at radius 1 is 0.518 bits per heavy atom. The Morgan fingerprint density at radius 3 is 1.50 bits per heavy atom. The molecule has 0 aromatic heterocycles. The summed E-state index contributed by atoms with van der Waals surface area (Å²) in [4.78, 5) is 49.4. The van der Waals surface area contributed by atoms with E-state index >= 15 is 0 Å². The van der Waals surface area contributed by atoms with Gasteiger partial charge in [0.1, 0.15) is 37.1 Å². The Bertz CT molecular complexity index is 1690. The normalized spacial score (nSPS) is 27.4. The lowest BCUT2D eigenvalue weighted by atomic mass is 9.96. The van der Waals surface area contributed by atoms with Gasteiger partial charge in [-0.05, 0) is 16.7 Å². The molecular formula is C41H48O15. The third-order valence-corrected chi connectivity index (χ3v) is 8.81. The molecule has 2 aliphatic heterocycles. The van der Waals surface area contributed by atoms with E-state index in [9.17, 15) is 24.3 Å². The van der Waals surface area contributed by atoms with Gasteiger partial charge in [0.25, 0.3) is 0 Å². The van der Waals surface area contributed by atoms with Gasteiger partial charge in [0.15, 0.2) is 30.9 Å². The van der Waals surface area contributed by atoms with E-state index in [2.05, 4.69) is 0 Å². The van der Waals surface area contributed by atoms with Crippen LogP contribution in [0.25, 0.3) is 0 Å². The molecule has 0 amide bonds. The minimum absolute atomic E-state index is 0.0188. The predicted molar refractivity (Wildman–Crippen MR) is 194 cm³/mol. The van der Waals surface area contributed by atoms with Crippen LogP contribution >= 0.6 is 0 Å². The summed E-state index contributed by atoms with van der Waals surface area (Å²) in [6.07, 6.45) is -13.5. The predicted octanol–water partition coefficient (Wildman–Crippen LogP) is 3.56. The van der Waals surface area contributed by atoms with Crippen molar-refractivity contribution in [3.05, 3.63) is 108 Å². The van der Waals surface area contributed by atoms with E-state index in [0.29, 0.717) is 0 Å². The van der Waals surface area contributed by atoms with Crippen molar-refractivity contribution >= 4 is 23.9 Å². The van der Waals surface area contributed by atoms with Gasteiger partial charge in [-0.1, -0.05) is 91.0 Å². The molecule has 0 saturated carbocycles. The van der Waals surface area contributed by atoms with E-state index in [1.165, 1.54) is 6.92 Å². The molecule has 15 nitrogen and oxygen atoms in total. The number of carbonyl (C=O) groups is 4. The van der Waals surface area contributed by atoms with E-state index in [1.54, 1.807) is 0 Å². The van der Waals surface area contributed by atoms with Crippen LogP contribution in [0.2, 0.25) is 0 Å². The van der Waals surface area contributed by atoms with Gasteiger partial charge in [-0.2, -0.15) is 0 Å².